The van der Waals surface area contributed by atoms with Crippen molar-refractivity contribution in [1.82, 2.24) is 4.57 Å². The monoisotopic (exact) mass is 443 g/mol. The number of carboxylic acids is 1. The van der Waals surface area contributed by atoms with E-state index in [9.17, 15) is 18.7 Å². The number of fused-ring (bicyclic) bond motifs is 4. The van der Waals surface area contributed by atoms with Gasteiger partial charge in [0.2, 0.25) is 0 Å². The highest BCUT2D eigenvalue weighted by atomic mass is 19.2. The molecule has 1 spiro atoms. The predicted molar refractivity (Wildman–Crippen MR) is 112 cm³/mol. The van der Waals surface area contributed by atoms with E-state index in [4.69, 9.17) is 14.6 Å². The number of carbonyl (C=O) groups is 1. The maximum atomic E-state index is 14.2. The van der Waals surface area contributed by atoms with E-state index in [2.05, 4.69) is 0 Å². The first-order chi connectivity index (χ1) is 15.1. The number of aliphatic carboxylic acids is 1. The molecule has 3 aromatic rings. The first-order valence-corrected chi connectivity index (χ1v) is 10.4. The van der Waals surface area contributed by atoms with Crippen molar-refractivity contribution in [3.63, 3.8) is 0 Å². The number of carboxylic acid groups (broad SMARTS) is 1. The summed E-state index contributed by atoms with van der Waals surface area (Å²) in [5, 5.41) is 20.3. The Morgan fingerprint density at radius 2 is 1.97 bits per heavy atom. The van der Waals surface area contributed by atoms with E-state index in [-0.39, 0.29) is 18.5 Å². The van der Waals surface area contributed by atoms with Gasteiger partial charge in [-0.3, -0.25) is 0 Å². The number of phenols is 1. The van der Waals surface area contributed by atoms with Crippen molar-refractivity contribution in [3.05, 3.63) is 59.3 Å². The second-order valence-electron chi connectivity index (χ2n) is 9.23. The SMILES string of the molecule is CC1(C)CO[C@]2(C[C@@H](OCC(=O)O)C2)c2c1n(-c1ccc(F)c(F)c1)c1cccc(O)c12. The van der Waals surface area contributed by atoms with Crippen molar-refractivity contribution in [1.29, 1.82) is 0 Å². The van der Waals surface area contributed by atoms with Crippen LogP contribution in [0.1, 0.15) is 37.9 Å². The van der Waals surface area contributed by atoms with Crippen LogP contribution in [-0.4, -0.2) is 40.1 Å². The molecule has 2 N–H and O–H groups in total. The Balaban J connectivity index is 1.74. The summed E-state index contributed by atoms with van der Waals surface area (Å²) in [6, 6.07) is 8.88. The molecule has 1 fully saturated rings. The highest BCUT2D eigenvalue weighted by molar-refractivity contribution is 5.94. The molecule has 1 aliphatic carbocycles. The third-order valence-electron chi connectivity index (χ3n) is 6.50. The summed E-state index contributed by atoms with van der Waals surface area (Å²) in [4.78, 5) is 10.9. The highest BCUT2D eigenvalue weighted by Crippen LogP contribution is 2.57. The molecule has 0 unspecified atom stereocenters. The van der Waals surface area contributed by atoms with Gasteiger partial charge in [0.25, 0.3) is 0 Å². The van der Waals surface area contributed by atoms with Crippen LogP contribution in [0.2, 0.25) is 0 Å². The quantitative estimate of drug-likeness (QED) is 0.626. The summed E-state index contributed by atoms with van der Waals surface area (Å²) < 4.78 is 41.5. The predicted octanol–water partition coefficient (Wildman–Crippen LogP) is 4.38. The molecule has 0 saturated heterocycles. The van der Waals surface area contributed by atoms with E-state index < -0.39 is 28.6 Å². The molecule has 0 radical (unpaired) electrons. The van der Waals surface area contributed by atoms with Gasteiger partial charge in [0.1, 0.15) is 18.0 Å². The third-order valence-corrected chi connectivity index (χ3v) is 6.50. The Morgan fingerprint density at radius 3 is 2.66 bits per heavy atom. The molecule has 2 heterocycles. The zero-order chi connectivity index (χ0) is 22.8. The first kappa shape index (κ1) is 20.9. The molecule has 168 valence electrons. The van der Waals surface area contributed by atoms with Crippen molar-refractivity contribution >= 4 is 16.9 Å². The number of aromatic hydroxyl groups is 1. The Labute approximate surface area is 183 Å². The maximum absolute atomic E-state index is 14.2. The number of phenolic OH excluding ortho intramolecular Hbond substituents is 1. The van der Waals surface area contributed by atoms with Gasteiger partial charge in [0.15, 0.2) is 11.6 Å². The lowest BCUT2D eigenvalue weighted by Gasteiger charge is -2.52. The Morgan fingerprint density at radius 1 is 1.22 bits per heavy atom. The van der Waals surface area contributed by atoms with Gasteiger partial charge >= 0.3 is 5.97 Å². The lowest BCUT2D eigenvalue weighted by Crippen LogP contribution is -2.54. The van der Waals surface area contributed by atoms with Gasteiger partial charge in [-0.25, -0.2) is 13.6 Å². The second-order valence-corrected chi connectivity index (χ2v) is 9.23. The van der Waals surface area contributed by atoms with Crippen molar-refractivity contribution in [2.45, 2.75) is 43.8 Å². The third kappa shape index (κ3) is 3.01. The minimum atomic E-state index is -1.04. The molecule has 1 saturated carbocycles. The largest absolute Gasteiger partial charge is 0.507 e. The first-order valence-electron chi connectivity index (χ1n) is 10.4. The number of rotatable bonds is 4. The number of ether oxygens (including phenoxy) is 2. The minimum Gasteiger partial charge on any atom is -0.507 e. The average molecular weight is 443 g/mol. The van der Waals surface area contributed by atoms with Crippen LogP contribution in [0.3, 0.4) is 0 Å². The summed E-state index contributed by atoms with van der Waals surface area (Å²) in [6.45, 7) is 3.98. The van der Waals surface area contributed by atoms with Crippen molar-refractivity contribution in [2.75, 3.05) is 13.2 Å². The van der Waals surface area contributed by atoms with Crippen molar-refractivity contribution in [2.24, 2.45) is 0 Å². The Kier molecular flexibility index (Phi) is 4.58. The maximum Gasteiger partial charge on any atom is 0.329 e. The van der Waals surface area contributed by atoms with Crippen LogP contribution < -0.4 is 0 Å². The van der Waals surface area contributed by atoms with Crippen LogP contribution in [0.4, 0.5) is 8.78 Å². The number of benzene rings is 2. The van der Waals surface area contributed by atoms with E-state index in [1.165, 1.54) is 6.07 Å². The van der Waals surface area contributed by atoms with E-state index in [1.54, 1.807) is 12.1 Å². The Hall–Kier alpha value is -2.97. The van der Waals surface area contributed by atoms with Gasteiger partial charge in [-0.05, 0) is 24.3 Å². The van der Waals surface area contributed by atoms with Gasteiger partial charge in [-0.2, -0.15) is 0 Å². The molecule has 5 rings (SSSR count). The van der Waals surface area contributed by atoms with Crippen molar-refractivity contribution in [3.8, 4) is 11.4 Å². The average Bonchev–Trinajstić information content (AvgIpc) is 3.06. The smallest absolute Gasteiger partial charge is 0.329 e. The number of hydrogen-bond acceptors (Lipinski definition) is 4. The van der Waals surface area contributed by atoms with Gasteiger partial charge in [0, 0.05) is 46.7 Å². The molecule has 0 amide bonds. The molecular formula is C24H23F2NO5. The molecule has 32 heavy (non-hydrogen) atoms. The normalized spacial score (nSPS) is 23.8. The Bertz CT molecular complexity index is 1240. The summed E-state index contributed by atoms with van der Waals surface area (Å²) in [5.41, 5.74) is 1.50. The number of halogens is 2. The lowest BCUT2D eigenvalue weighted by atomic mass is 9.67. The van der Waals surface area contributed by atoms with Crippen LogP contribution in [0.5, 0.6) is 5.75 Å². The summed E-state index contributed by atoms with van der Waals surface area (Å²) in [6.07, 6.45) is 0.594. The molecule has 1 aromatic heterocycles. The minimum absolute atomic E-state index is 0.0654. The molecule has 1 aliphatic heterocycles. The van der Waals surface area contributed by atoms with Crippen LogP contribution in [-0.2, 0) is 25.3 Å². The molecule has 6 nitrogen and oxygen atoms in total. The van der Waals surface area contributed by atoms with Crippen molar-refractivity contribution < 1.29 is 33.3 Å². The van der Waals surface area contributed by atoms with Gasteiger partial charge in [-0.15, -0.1) is 0 Å². The zero-order valence-corrected chi connectivity index (χ0v) is 17.7. The van der Waals surface area contributed by atoms with E-state index in [1.807, 2.05) is 24.5 Å². The van der Waals surface area contributed by atoms with Crippen LogP contribution in [0.25, 0.3) is 16.6 Å². The standard InChI is InChI=1S/C24H23F2NO5/c1-23(2)12-32-24(9-14(10-24)31-11-19(29)30)21-20-17(4-3-5-18(20)28)27(22(21)23)13-6-7-15(25)16(26)8-13/h3-8,14,28H,9-12H2,1-2H3,(H,29,30)/t14-,24+. The van der Waals surface area contributed by atoms with E-state index in [0.717, 1.165) is 23.4 Å². The molecule has 0 atom stereocenters. The molecule has 0 bridgehead atoms. The summed E-state index contributed by atoms with van der Waals surface area (Å²) in [5.74, 6) is -2.86. The highest BCUT2D eigenvalue weighted by Gasteiger charge is 2.56. The molecular weight excluding hydrogens is 420 g/mol. The second kappa shape index (κ2) is 7.02. The van der Waals surface area contributed by atoms with Gasteiger partial charge in [-0.1, -0.05) is 19.9 Å². The molecule has 2 aliphatic rings. The van der Waals surface area contributed by atoms with E-state index in [0.29, 0.717) is 36.0 Å². The fraction of sp³-hybridized carbons (Fsp3) is 0.375. The van der Waals surface area contributed by atoms with Crippen LogP contribution >= 0.6 is 0 Å². The number of nitrogens with zero attached hydrogens (tertiary/aromatic N) is 1. The topological polar surface area (TPSA) is 80.9 Å². The van der Waals surface area contributed by atoms with Crippen LogP contribution in [0.15, 0.2) is 36.4 Å². The number of hydrogen-bond donors (Lipinski definition) is 2. The summed E-state index contributed by atoms with van der Waals surface area (Å²) >= 11 is 0. The van der Waals surface area contributed by atoms with Gasteiger partial charge < -0.3 is 24.3 Å². The fourth-order valence-corrected chi connectivity index (χ4v) is 5.06. The van der Waals surface area contributed by atoms with E-state index >= 15 is 0 Å². The lowest BCUT2D eigenvalue weighted by molar-refractivity contribution is -0.198. The van der Waals surface area contributed by atoms with Gasteiger partial charge in [0.05, 0.1) is 18.2 Å². The molecule has 2 aromatic carbocycles. The van der Waals surface area contributed by atoms with Crippen LogP contribution in [0, 0.1) is 11.6 Å². The fourth-order valence-electron chi connectivity index (χ4n) is 5.06. The summed E-state index contributed by atoms with van der Waals surface area (Å²) in [7, 11) is 0. The molecule has 8 heteroatoms. The number of aromatic nitrogens is 1. The zero-order valence-electron chi connectivity index (χ0n) is 17.7.